The Labute approximate surface area is 210 Å². The Morgan fingerprint density at radius 2 is 1.63 bits per heavy atom. The van der Waals surface area contributed by atoms with Gasteiger partial charge in [0.15, 0.2) is 0 Å². The largest absolute Gasteiger partial charge is 0.378 e. The molecule has 0 N–H and O–H groups in total. The number of aromatic nitrogens is 1. The van der Waals surface area contributed by atoms with E-state index in [1.807, 2.05) is 35.0 Å². The molecule has 0 aliphatic carbocycles. The fourth-order valence-corrected chi connectivity index (χ4v) is 4.98. The molecule has 0 unspecified atom stereocenters. The molecule has 0 bridgehead atoms. The molecule has 1 fully saturated rings. The third-order valence-corrected chi connectivity index (χ3v) is 7.20. The number of morpholine rings is 1. The van der Waals surface area contributed by atoms with Crippen LogP contribution in [0.4, 0.5) is 11.4 Å². The number of nitrogens with zero attached hydrogens (tertiary/aromatic N) is 4. The Bertz CT molecular complexity index is 1390. The smallest absolute Gasteiger partial charge is 0.211 e. The van der Waals surface area contributed by atoms with Gasteiger partial charge in [0, 0.05) is 29.7 Å². The minimum Gasteiger partial charge on any atom is -0.378 e. The van der Waals surface area contributed by atoms with Gasteiger partial charge in [-0.25, -0.2) is 9.67 Å². The van der Waals surface area contributed by atoms with Crippen molar-refractivity contribution < 1.29 is 4.74 Å². The molecule has 5 rings (SSSR count). The number of ether oxygens (including phenoxy) is 1. The van der Waals surface area contributed by atoms with E-state index in [2.05, 4.69) is 73.5 Å². The molecule has 1 saturated heterocycles. The molecule has 0 saturated carbocycles. The second-order valence-electron chi connectivity index (χ2n) is 8.79. The van der Waals surface area contributed by atoms with Gasteiger partial charge in [-0.3, -0.25) is 0 Å². The highest BCUT2D eigenvalue weighted by molar-refractivity contribution is 7.07. The predicted molar refractivity (Wildman–Crippen MR) is 146 cm³/mol. The molecule has 0 spiro atoms. The van der Waals surface area contributed by atoms with E-state index in [1.165, 1.54) is 16.8 Å². The summed E-state index contributed by atoms with van der Waals surface area (Å²) in [5.74, 6) is 0. The summed E-state index contributed by atoms with van der Waals surface area (Å²) in [5.41, 5.74) is 8.90. The lowest BCUT2D eigenvalue weighted by atomic mass is 10.1. The summed E-state index contributed by atoms with van der Waals surface area (Å²) in [6.45, 7) is 9.78. The molecule has 178 valence electrons. The molecule has 0 amide bonds. The van der Waals surface area contributed by atoms with Crippen molar-refractivity contribution in [1.82, 2.24) is 4.68 Å². The van der Waals surface area contributed by atoms with Gasteiger partial charge in [-0.1, -0.05) is 42.5 Å². The average molecular weight is 483 g/mol. The molecule has 1 aromatic heterocycles. The fraction of sp³-hybridized carbons (Fsp3) is 0.241. The Morgan fingerprint density at radius 1 is 0.886 bits per heavy atom. The molecule has 35 heavy (non-hydrogen) atoms. The maximum absolute atomic E-state index is 5.49. The SMILES string of the molecule is C/C(=N/n1c(-c2ccc(C)c(C)c2)csc1=Nc1ccccc1)c1ccc(N2CCOCC2)cc1. The van der Waals surface area contributed by atoms with Crippen LogP contribution in [0.1, 0.15) is 23.6 Å². The van der Waals surface area contributed by atoms with Crippen molar-refractivity contribution in [2.24, 2.45) is 10.1 Å². The molecule has 3 aromatic carbocycles. The van der Waals surface area contributed by atoms with Gasteiger partial charge in [-0.15, -0.1) is 11.3 Å². The van der Waals surface area contributed by atoms with Crippen molar-refractivity contribution in [2.45, 2.75) is 20.8 Å². The summed E-state index contributed by atoms with van der Waals surface area (Å²) in [6.07, 6.45) is 0. The van der Waals surface area contributed by atoms with E-state index in [4.69, 9.17) is 14.8 Å². The van der Waals surface area contributed by atoms with E-state index in [9.17, 15) is 0 Å². The maximum Gasteiger partial charge on any atom is 0.211 e. The molecule has 4 aromatic rings. The van der Waals surface area contributed by atoms with Crippen molar-refractivity contribution in [3.63, 3.8) is 0 Å². The summed E-state index contributed by atoms with van der Waals surface area (Å²) >= 11 is 1.61. The quantitative estimate of drug-likeness (QED) is 0.319. The predicted octanol–water partition coefficient (Wildman–Crippen LogP) is 6.17. The normalized spacial score (nSPS) is 15.0. The molecule has 0 radical (unpaired) electrons. The van der Waals surface area contributed by atoms with Gasteiger partial charge in [-0.2, -0.15) is 5.10 Å². The number of benzene rings is 3. The summed E-state index contributed by atoms with van der Waals surface area (Å²) < 4.78 is 7.46. The third-order valence-electron chi connectivity index (χ3n) is 6.38. The standard InChI is InChI=1S/C29H30N4OS/c1-21-9-10-25(19-22(21)2)28-20-35-29(30-26-7-5-4-6-8-26)33(28)31-23(3)24-11-13-27(14-12-24)32-15-17-34-18-16-32/h4-14,19-20H,15-18H2,1-3H3/b30-29?,31-23-. The molecule has 1 aliphatic heterocycles. The van der Waals surface area contributed by atoms with Gasteiger partial charge in [-0.05, 0) is 67.8 Å². The molecule has 1 aliphatic rings. The topological polar surface area (TPSA) is 42.1 Å². The molecule has 0 atom stereocenters. The van der Waals surface area contributed by atoms with Crippen LogP contribution < -0.4 is 9.70 Å². The van der Waals surface area contributed by atoms with Gasteiger partial charge in [0.1, 0.15) is 0 Å². The minimum absolute atomic E-state index is 0.784. The van der Waals surface area contributed by atoms with Crippen LogP contribution in [0, 0.1) is 13.8 Å². The first kappa shape index (κ1) is 23.3. The maximum atomic E-state index is 5.49. The van der Waals surface area contributed by atoms with Crippen LogP contribution in [-0.4, -0.2) is 36.7 Å². The first-order chi connectivity index (χ1) is 17.1. The molecule has 2 heterocycles. The van der Waals surface area contributed by atoms with Gasteiger partial charge in [0.2, 0.25) is 4.80 Å². The van der Waals surface area contributed by atoms with E-state index in [1.54, 1.807) is 11.3 Å². The van der Waals surface area contributed by atoms with Crippen LogP contribution >= 0.6 is 11.3 Å². The average Bonchev–Trinajstić information content (AvgIpc) is 3.28. The van der Waals surface area contributed by atoms with Crippen molar-refractivity contribution in [1.29, 1.82) is 0 Å². The van der Waals surface area contributed by atoms with Crippen LogP contribution in [0.2, 0.25) is 0 Å². The van der Waals surface area contributed by atoms with Gasteiger partial charge >= 0.3 is 0 Å². The monoisotopic (exact) mass is 482 g/mol. The molecular weight excluding hydrogens is 452 g/mol. The zero-order chi connectivity index (χ0) is 24.2. The summed E-state index contributed by atoms with van der Waals surface area (Å²) in [4.78, 5) is 8.11. The Balaban J connectivity index is 1.55. The van der Waals surface area contributed by atoms with Crippen molar-refractivity contribution >= 4 is 28.4 Å². The van der Waals surface area contributed by atoms with Gasteiger partial charge in [0.05, 0.1) is 30.3 Å². The first-order valence-corrected chi connectivity index (χ1v) is 12.8. The van der Waals surface area contributed by atoms with Gasteiger partial charge < -0.3 is 9.64 Å². The second-order valence-corrected chi connectivity index (χ2v) is 9.63. The van der Waals surface area contributed by atoms with E-state index in [-0.39, 0.29) is 0 Å². The molecule has 5 nitrogen and oxygen atoms in total. The lowest BCUT2D eigenvalue weighted by molar-refractivity contribution is 0.122. The number of aryl methyl sites for hydroxylation is 2. The highest BCUT2D eigenvalue weighted by Crippen LogP contribution is 2.24. The Hall–Kier alpha value is -3.48. The van der Waals surface area contributed by atoms with E-state index < -0.39 is 0 Å². The minimum atomic E-state index is 0.784. The van der Waals surface area contributed by atoms with Crippen LogP contribution in [0.15, 0.2) is 88.3 Å². The second kappa shape index (κ2) is 10.4. The molecule has 6 heteroatoms. The number of anilines is 1. The van der Waals surface area contributed by atoms with Crippen LogP contribution in [0.25, 0.3) is 11.3 Å². The van der Waals surface area contributed by atoms with Crippen LogP contribution in [0.5, 0.6) is 0 Å². The number of para-hydroxylation sites is 1. The van der Waals surface area contributed by atoms with E-state index in [0.29, 0.717) is 0 Å². The van der Waals surface area contributed by atoms with Crippen molar-refractivity contribution in [2.75, 3.05) is 31.2 Å². The van der Waals surface area contributed by atoms with Crippen LogP contribution in [-0.2, 0) is 4.74 Å². The van der Waals surface area contributed by atoms with Crippen molar-refractivity contribution in [3.05, 3.63) is 99.7 Å². The van der Waals surface area contributed by atoms with E-state index in [0.717, 1.165) is 59.3 Å². The summed E-state index contributed by atoms with van der Waals surface area (Å²) in [5, 5.41) is 7.22. The highest BCUT2D eigenvalue weighted by atomic mass is 32.1. The zero-order valence-corrected chi connectivity index (χ0v) is 21.3. The lowest BCUT2D eigenvalue weighted by Gasteiger charge is -2.28. The molecular formula is C29H30N4OS. The van der Waals surface area contributed by atoms with Crippen molar-refractivity contribution in [3.8, 4) is 11.3 Å². The lowest BCUT2D eigenvalue weighted by Crippen LogP contribution is -2.36. The summed E-state index contributed by atoms with van der Waals surface area (Å²) in [7, 11) is 0. The number of thiazole rings is 1. The van der Waals surface area contributed by atoms with Crippen LogP contribution in [0.3, 0.4) is 0 Å². The van der Waals surface area contributed by atoms with Gasteiger partial charge in [0.25, 0.3) is 0 Å². The zero-order valence-electron chi connectivity index (χ0n) is 20.4. The number of hydrogen-bond acceptors (Lipinski definition) is 5. The number of hydrogen-bond donors (Lipinski definition) is 0. The Kier molecular flexibility index (Phi) is 6.93. The fourth-order valence-electron chi connectivity index (χ4n) is 4.13. The first-order valence-electron chi connectivity index (χ1n) is 12.0. The summed E-state index contributed by atoms with van der Waals surface area (Å²) in [6, 6.07) is 25.3. The van der Waals surface area contributed by atoms with E-state index >= 15 is 0 Å². The number of rotatable bonds is 5. The highest BCUT2D eigenvalue weighted by Gasteiger charge is 2.13. The third kappa shape index (κ3) is 5.29. The Morgan fingerprint density at radius 3 is 2.34 bits per heavy atom.